The van der Waals surface area contributed by atoms with Gasteiger partial charge in [0.1, 0.15) is 18.1 Å². The van der Waals surface area contributed by atoms with Crippen LogP contribution in [-0.2, 0) is 17.8 Å². The quantitative estimate of drug-likeness (QED) is 0.781. The molecule has 0 aliphatic carbocycles. The Hall–Kier alpha value is -2.10. The number of aromatic nitrogens is 2. The van der Waals surface area contributed by atoms with Gasteiger partial charge in [0, 0.05) is 18.7 Å². The molecule has 1 unspecified atom stereocenters. The first-order valence-electron chi connectivity index (χ1n) is 7.33. The van der Waals surface area contributed by atoms with Crippen molar-refractivity contribution in [2.24, 2.45) is 0 Å². The number of carbonyl (C=O) groups is 1. The van der Waals surface area contributed by atoms with Crippen LogP contribution in [0.4, 0.5) is 0 Å². The van der Waals surface area contributed by atoms with Crippen molar-refractivity contribution in [2.45, 2.75) is 46.3 Å². The van der Waals surface area contributed by atoms with Gasteiger partial charge >= 0.3 is 0 Å². The summed E-state index contributed by atoms with van der Waals surface area (Å²) in [6.45, 7) is 6.34. The van der Waals surface area contributed by atoms with Crippen molar-refractivity contribution in [2.75, 3.05) is 0 Å². The lowest BCUT2D eigenvalue weighted by molar-refractivity contribution is -0.116. The number of hydrogen-bond donors (Lipinski definition) is 0. The van der Waals surface area contributed by atoms with Gasteiger partial charge in [-0.3, -0.25) is 9.48 Å². The molecule has 0 aliphatic heterocycles. The summed E-state index contributed by atoms with van der Waals surface area (Å²) >= 11 is 0. The van der Waals surface area contributed by atoms with Crippen LogP contribution in [0.2, 0.25) is 0 Å². The number of carbonyl (C=O) groups excluding carboxylic acids is 1. The molecule has 112 valence electrons. The molecule has 1 heterocycles. The number of hydrogen-bond acceptors (Lipinski definition) is 3. The summed E-state index contributed by atoms with van der Waals surface area (Å²) in [6, 6.07) is 10.0. The van der Waals surface area contributed by atoms with E-state index >= 15 is 0 Å². The second-order valence-corrected chi connectivity index (χ2v) is 5.36. The highest BCUT2D eigenvalue weighted by molar-refractivity contribution is 5.78. The van der Waals surface area contributed by atoms with Crippen LogP contribution < -0.4 is 4.74 Å². The van der Waals surface area contributed by atoms with Crippen molar-refractivity contribution in [3.63, 3.8) is 0 Å². The van der Waals surface area contributed by atoms with E-state index in [0.717, 1.165) is 23.4 Å². The summed E-state index contributed by atoms with van der Waals surface area (Å²) in [5, 5.41) is 4.50. The summed E-state index contributed by atoms with van der Waals surface area (Å²) in [5.74, 6) is 0.958. The Morgan fingerprint density at radius 3 is 2.62 bits per heavy atom. The molecule has 1 atom stereocenters. The highest BCUT2D eigenvalue weighted by Crippen LogP contribution is 2.15. The van der Waals surface area contributed by atoms with E-state index in [1.165, 1.54) is 0 Å². The highest BCUT2D eigenvalue weighted by atomic mass is 16.5. The Bertz CT molecular complexity index is 587. The fourth-order valence-corrected chi connectivity index (χ4v) is 2.04. The number of ether oxygens (including phenoxy) is 1. The minimum absolute atomic E-state index is 0.166. The second kappa shape index (κ2) is 7.07. The van der Waals surface area contributed by atoms with E-state index in [2.05, 4.69) is 18.9 Å². The monoisotopic (exact) mass is 286 g/mol. The maximum Gasteiger partial charge on any atom is 0.134 e. The third-order valence-corrected chi connectivity index (χ3v) is 3.47. The number of Topliss-reactive ketones (excluding diaryl/α,β-unsaturated/α-hetero) is 1. The SMILES string of the molecule is CCC(C)n1ccc(COc2ccc(CC(C)=O)cc2)n1. The van der Waals surface area contributed by atoms with Crippen molar-refractivity contribution in [3.05, 3.63) is 47.8 Å². The smallest absolute Gasteiger partial charge is 0.134 e. The Balaban J connectivity index is 1.90. The summed E-state index contributed by atoms with van der Waals surface area (Å²) in [5.41, 5.74) is 1.93. The van der Waals surface area contributed by atoms with Crippen LogP contribution in [0.15, 0.2) is 36.5 Å². The molecule has 0 radical (unpaired) electrons. The highest BCUT2D eigenvalue weighted by Gasteiger charge is 2.05. The zero-order chi connectivity index (χ0) is 15.2. The normalized spacial score (nSPS) is 12.1. The molecule has 1 aromatic heterocycles. The van der Waals surface area contributed by atoms with Gasteiger partial charge in [-0.2, -0.15) is 5.10 Å². The Labute approximate surface area is 125 Å². The first-order chi connectivity index (χ1) is 10.1. The van der Waals surface area contributed by atoms with Crippen LogP contribution in [-0.4, -0.2) is 15.6 Å². The van der Waals surface area contributed by atoms with E-state index in [9.17, 15) is 4.79 Å². The lowest BCUT2D eigenvalue weighted by Gasteiger charge is -2.08. The average molecular weight is 286 g/mol. The predicted molar refractivity (Wildman–Crippen MR) is 82.4 cm³/mol. The van der Waals surface area contributed by atoms with Crippen molar-refractivity contribution in [1.29, 1.82) is 0 Å². The van der Waals surface area contributed by atoms with Gasteiger partial charge in [0.2, 0.25) is 0 Å². The molecule has 0 bridgehead atoms. The molecule has 1 aromatic carbocycles. The van der Waals surface area contributed by atoms with Crippen molar-refractivity contribution >= 4 is 5.78 Å². The fourth-order valence-electron chi connectivity index (χ4n) is 2.04. The summed E-state index contributed by atoms with van der Waals surface area (Å²) in [7, 11) is 0. The predicted octanol–water partition coefficient (Wildman–Crippen LogP) is 3.56. The summed E-state index contributed by atoms with van der Waals surface area (Å²) in [6.07, 6.45) is 3.52. The molecule has 0 saturated heterocycles. The zero-order valence-corrected chi connectivity index (χ0v) is 12.9. The van der Waals surface area contributed by atoms with Crippen LogP contribution in [0.5, 0.6) is 5.75 Å². The maximum absolute atomic E-state index is 11.0. The standard InChI is InChI=1S/C17H22N2O2/c1-4-13(2)19-10-9-16(18-19)12-21-17-7-5-15(6-8-17)11-14(3)20/h5-10,13H,4,11-12H2,1-3H3. The van der Waals surface area contributed by atoms with Crippen molar-refractivity contribution < 1.29 is 9.53 Å². The lowest BCUT2D eigenvalue weighted by Crippen LogP contribution is -2.05. The summed E-state index contributed by atoms with van der Waals surface area (Å²) in [4.78, 5) is 11.0. The van der Waals surface area contributed by atoms with E-state index in [4.69, 9.17) is 4.74 Å². The minimum Gasteiger partial charge on any atom is -0.487 e. The average Bonchev–Trinajstić information content (AvgIpc) is 2.94. The first kappa shape index (κ1) is 15.3. The molecule has 0 aliphatic rings. The van der Waals surface area contributed by atoms with Gasteiger partial charge in [0.15, 0.2) is 0 Å². The van der Waals surface area contributed by atoms with Crippen LogP contribution in [0.25, 0.3) is 0 Å². The molecule has 2 aromatic rings. The molecular formula is C17H22N2O2. The molecule has 0 fully saturated rings. The van der Waals surface area contributed by atoms with E-state index < -0.39 is 0 Å². The van der Waals surface area contributed by atoms with Gasteiger partial charge in [-0.25, -0.2) is 0 Å². The van der Waals surface area contributed by atoms with Crippen molar-refractivity contribution in [3.8, 4) is 5.75 Å². The number of ketones is 1. The number of benzene rings is 1. The number of rotatable bonds is 7. The largest absolute Gasteiger partial charge is 0.487 e. The molecule has 2 rings (SSSR count). The van der Waals surface area contributed by atoms with Gasteiger partial charge < -0.3 is 4.74 Å². The third kappa shape index (κ3) is 4.45. The van der Waals surface area contributed by atoms with Gasteiger partial charge in [0.25, 0.3) is 0 Å². The molecule has 21 heavy (non-hydrogen) atoms. The lowest BCUT2D eigenvalue weighted by atomic mass is 10.1. The van der Waals surface area contributed by atoms with Gasteiger partial charge in [-0.05, 0) is 44.0 Å². The van der Waals surface area contributed by atoms with Crippen LogP contribution in [0, 0.1) is 0 Å². The van der Waals surface area contributed by atoms with Gasteiger partial charge in [-0.1, -0.05) is 19.1 Å². The first-order valence-corrected chi connectivity index (χ1v) is 7.33. The third-order valence-electron chi connectivity index (χ3n) is 3.47. The maximum atomic E-state index is 11.0. The molecule has 0 N–H and O–H groups in total. The van der Waals surface area contributed by atoms with Gasteiger partial charge in [-0.15, -0.1) is 0 Å². The Morgan fingerprint density at radius 1 is 1.29 bits per heavy atom. The zero-order valence-electron chi connectivity index (χ0n) is 12.9. The van der Waals surface area contributed by atoms with Crippen molar-refractivity contribution in [1.82, 2.24) is 9.78 Å². The fraction of sp³-hybridized carbons (Fsp3) is 0.412. The van der Waals surface area contributed by atoms with E-state index in [-0.39, 0.29) is 5.78 Å². The minimum atomic E-state index is 0.166. The Kier molecular flexibility index (Phi) is 5.14. The summed E-state index contributed by atoms with van der Waals surface area (Å²) < 4.78 is 7.68. The molecule has 0 amide bonds. The van der Waals surface area contributed by atoms with E-state index in [1.54, 1.807) is 6.92 Å². The molecule has 4 nitrogen and oxygen atoms in total. The van der Waals surface area contributed by atoms with Crippen LogP contribution in [0.3, 0.4) is 0 Å². The molecule has 0 spiro atoms. The van der Waals surface area contributed by atoms with Gasteiger partial charge in [0.05, 0.1) is 5.69 Å². The molecule has 4 heteroatoms. The van der Waals surface area contributed by atoms with Crippen LogP contribution >= 0.6 is 0 Å². The van der Waals surface area contributed by atoms with E-state index in [1.807, 2.05) is 41.2 Å². The molecule has 0 saturated carbocycles. The topological polar surface area (TPSA) is 44.1 Å². The molecular weight excluding hydrogens is 264 g/mol. The Morgan fingerprint density at radius 2 is 2.00 bits per heavy atom. The van der Waals surface area contributed by atoms with E-state index in [0.29, 0.717) is 19.1 Å². The number of nitrogens with zero attached hydrogens (tertiary/aromatic N) is 2. The second-order valence-electron chi connectivity index (χ2n) is 5.36. The van der Waals surface area contributed by atoms with Crippen LogP contribution in [0.1, 0.15) is 44.5 Å².